The predicted molar refractivity (Wildman–Crippen MR) is 90.3 cm³/mol. The standard InChI is InChI=1S/C17H27N3O2/c1-2-3-4-5-6-7-11-14(16(21)22)13-10-8-9-12-15(13)20-17(18)19/h8-10,12,14H,2-7,11H2,1H3,(H,21,22)(H4,18,19,20). The topological polar surface area (TPSA) is 102 Å². The van der Waals surface area contributed by atoms with Crippen molar-refractivity contribution in [3.05, 3.63) is 29.8 Å². The van der Waals surface area contributed by atoms with E-state index in [2.05, 4.69) is 11.9 Å². The van der Waals surface area contributed by atoms with Gasteiger partial charge in [-0.2, -0.15) is 0 Å². The number of aliphatic imine (C=N–C) groups is 1. The van der Waals surface area contributed by atoms with Crippen molar-refractivity contribution in [1.29, 1.82) is 0 Å². The van der Waals surface area contributed by atoms with Crippen molar-refractivity contribution in [2.24, 2.45) is 16.5 Å². The summed E-state index contributed by atoms with van der Waals surface area (Å²) < 4.78 is 0. The predicted octanol–water partition coefficient (Wildman–Crippen LogP) is 3.51. The molecule has 0 aliphatic rings. The third-order valence-corrected chi connectivity index (χ3v) is 3.71. The molecule has 0 aromatic heterocycles. The van der Waals surface area contributed by atoms with E-state index in [0.717, 1.165) is 19.3 Å². The van der Waals surface area contributed by atoms with Gasteiger partial charge in [-0.15, -0.1) is 0 Å². The first-order chi connectivity index (χ1) is 10.6. The number of unbranched alkanes of at least 4 members (excludes halogenated alkanes) is 5. The van der Waals surface area contributed by atoms with Crippen LogP contribution in [0.25, 0.3) is 0 Å². The van der Waals surface area contributed by atoms with Crippen molar-refractivity contribution in [2.45, 2.75) is 57.8 Å². The van der Waals surface area contributed by atoms with Crippen LogP contribution in [0.15, 0.2) is 29.3 Å². The molecule has 0 saturated carbocycles. The monoisotopic (exact) mass is 305 g/mol. The Kier molecular flexibility index (Phi) is 8.04. The summed E-state index contributed by atoms with van der Waals surface area (Å²) in [6.07, 6.45) is 7.41. The number of para-hydroxylation sites is 1. The lowest BCUT2D eigenvalue weighted by Gasteiger charge is -2.15. The molecule has 0 radical (unpaired) electrons. The van der Waals surface area contributed by atoms with E-state index in [9.17, 15) is 9.90 Å². The summed E-state index contributed by atoms with van der Waals surface area (Å²) in [6, 6.07) is 7.15. The molecule has 5 nitrogen and oxygen atoms in total. The Bertz CT molecular complexity index is 496. The Labute approximate surface area is 132 Å². The molecular formula is C17H27N3O2. The summed E-state index contributed by atoms with van der Waals surface area (Å²) >= 11 is 0. The second kappa shape index (κ2) is 9.82. The van der Waals surface area contributed by atoms with Crippen LogP contribution in [0.2, 0.25) is 0 Å². The van der Waals surface area contributed by atoms with Gasteiger partial charge < -0.3 is 16.6 Å². The van der Waals surface area contributed by atoms with Gasteiger partial charge >= 0.3 is 5.97 Å². The van der Waals surface area contributed by atoms with Gasteiger partial charge in [0.2, 0.25) is 0 Å². The summed E-state index contributed by atoms with van der Waals surface area (Å²) in [4.78, 5) is 15.6. The smallest absolute Gasteiger partial charge is 0.311 e. The number of carbonyl (C=O) groups is 1. The number of hydrogen-bond acceptors (Lipinski definition) is 2. The lowest BCUT2D eigenvalue weighted by atomic mass is 9.91. The average Bonchev–Trinajstić information content (AvgIpc) is 2.47. The van der Waals surface area contributed by atoms with Crippen molar-refractivity contribution in [3.8, 4) is 0 Å². The van der Waals surface area contributed by atoms with Crippen LogP contribution in [0.3, 0.4) is 0 Å². The van der Waals surface area contributed by atoms with Gasteiger partial charge in [0.15, 0.2) is 5.96 Å². The lowest BCUT2D eigenvalue weighted by Crippen LogP contribution is -2.22. The molecule has 0 spiro atoms. The van der Waals surface area contributed by atoms with Crippen LogP contribution in [0, 0.1) is 0 Å². The second-order valence-corrected chi connectivity index (χ2v) is 5.54. The molecule has 0 aliphatic carbocycles. The quantitative estimate of drug-likeness (QED) is 0.350. The number of guanidine groups is 1. The molecule has 1 unspecified atom stereocenters. The van der Waals surface area contributed by atoms with Crippen LogP contribution in [-0.2, 0) is 4.79 Å². The highest BCUT2D eigenvalue weighted by atomic mass is 16.4. The van der Waals surface area contributed by atoms with Gasteiger partial charge in [0.25, 0.3) is 0 Å². The van der Waals surface area contributed by atoms with Gasteiger partial charge in [0.1, 0.15) is 0 Å². The number of hydrogen-bond donors (Lipinski definition) is 3. The molecule has 5 N–H and O–H groups in total. The van der Waals surface area contributed by atoms with Crippen LogP contribution >= 0.6 is 0 Å². The molecule has 0 aliphatic heterocycles. The highest BCUT2D eigenvalue weighted by Crippen LogP contribution is 2.31. The molecule has 0 heterocycles. The van der Waals surface area contributed by atoms with Crippen LogP contribution in [0.4, 0.5) is 5.69 Å². The zero-order valence-corrected chi connectivity index (χ0v) is 13.3. The van der Waals surface area contributed by atoms with Gasteiger partial charge in [0.05, 0.1) is 11.6 Å². The molecule has 1 aromatic rings. The van der Waals surface area contributed by atoms with E-state index in [-0.39, 0.29) is 5.96 Å². The minimum Gasteiger partial charge on any atom is -0.481 e. The van der Waals surface area contributed by atoms with E-state index >= 15 is 0 Å². The first-order valence-electron chi connectivity index (χ1n) is 7.97. The Morgan fingerprint density at radius 3 is 2.41 bits per heavy atom. The van der Waals surface area contributed by atoms with Gasteiger partial charge in [-0.25, -0.2) is 4.99 Å². The Hall–Kier alpha value is -2.04. The van der Waals surface area contributed by atoms with Crippen molar-refractivity contribution in [3.63, 3.8) is 0 Å². The number of carboxylic acids is 1. The Morgan fingerprint density at radius 2 is 1.77 bits per heavy atom. The number of aliphatic carboxylic acids is 1. The molecule has 5 heteroatoms. The molecule has 1 atom stereocenters. The molecule has 0 fully saturated rings. The maximum Gasteiger partial charge on any atom is 0.311 e. The van der Waals surface area contributed by atoms with E-state index in [4.69, 9.17) is 11.5 Å². The maximum atomic E-state index is 11.6. The number of rotatable bonds is 10. The summed E-state index contributed by atoms with van der Waals surface area (Å²) in [5, 5.41) is 9.52. The van der Waals surface area contributed by atoms with E-state index in [1.807, 2.05) is 6.07 Å². The summed E-state index contributed by atoms with van der Waals surface area (Å²) in [5.41, 5.74) is 12.1. The van der Waals surface area contributed by atoms with Gasteiger partial charge in [-0.05, 0) is 18.1 Å². The lowest BCUT2D eigenvalue weighted by molar-refractivity contribution is -0.139. The second-order valence-electron chi connectivity index (χ2n) is 5.54. The van der Waals surface area contributed by atoms with E-state index < -0.39 is 11.9 Å². The zero-order valence-electron chi connectivity index (χ0n) is 13.3. The minimum atomic E-state index is -0.827. The molecular weight excluding hydrogens is 278 g/mol. The zero-order chi connectivity index (χ0) is 16.4. The van der Waals surface area contributed by atoms with E-state index in [0.29, 0.717) is 17.7 Å². The Morgan fingerprint density at radius 1 is 1.14 bits per heavy atom. The van der Waals surface area contributed by atoms with E-state index in [1.165, 1.54) is 19.3 Å². The Balaban J connectivity index is 2.71. The molecule has 1 aromatic carbocycles. The van der Waals surface area contributed by atoms with Crippen molar-refractivity contribution in [1.82, 2.24) is 0 Å². The van der Waals surface area contributed by atoms with Crippen LogP contribution < -0.4 is 11.5 Å². The molecule has 0 saturated heterocycles. The van der Waals surface area contributed by atoms with E-state index in [1.54, 1.807) is 18.2 Å². The fourth-order valence-corrected chi connectivity index (χ4v) is 2.56. The SMILES string of the molecule is CCCCCCCCC(C(=O)O)c1ccccc1N=C(N)N. The largest absolute Gasteiger partial charge is 0.481 e. The summed E-state index contributed by atoms with van der Waals surface area (Å²) in [7, 11) is 0. The van der Waals surface area contributed by atoms with Crippen LogP contribution in [0.5, 0.6) is 0 Å². The summed E-state index contributed by atoms with van der Waals surface area (Å²) in [6.45, 7) is 2.18. The van der Waals surface area contributed by atoms with Gasteiger partial charge in [0, 0.05) is 0 Å². The normalized spacial score (nSPS) is 11.9. The highest BCUT2D eigenvalue weighted by Gasteiger charge is 2.22. The molecule has 22 heavy (non-hydrogen) atoms. The molecule has 1 rings (SSSR count). The van der Waals surface area contributed by atoms with Crippen molar-refractivity contribution in [2.75, 3.05) is 0 Å². The van der Waals surface area contributed by atoms with Gasteiger partial charge in [-0.3, -0.25) is 4.79 Å². The number of nitrogens with two attached hydrogens (primary N) is 2. The van der Waals surface area contributed by atoms with Crippen molar-refractivity contribution < 1.29 is 9.90 Å². The average molecular weight is 305 g/mol. The number of nitrogens with zero attached hydrogens (tertiary/aromatic N) is 1. The summed E-state index contributed by atoms with van der Waals surface area (Å²) in [5.74, 6) is -1.45. The minimum absolute atomic E-state index is 0.0591. The van der Waals surface area contributed by atoms with Crippen molar-refractivity contribution >= 4 is 17.6 Å². The fourth-order valence-electron chi connectivity index (χ4n) is 2.56. The third kappa shape index (κ3) is 6.16. The first-order valence-corrected chi connectivity index (χ1v) is 7.97. The van der Waals surface area contributed by atoms with Crippen LogP contribution in [-0.4, -0.2) is 17.0 Å². The molecule has 0 bridgehead atoms. The molecule has 0 amide bonds. The van der Waals surface area contributed by atoms with Gasteiger partial charge in [-0.1, -0.05) is 63.6 Å². The number of benzene rings is 1. The van der Waals surface area contributed by atoms with Crippen LogP contribution in [0.1, 0.15) is 63.4 Å². The highest BCUT2D eigenvalue weighted by molar-refractivity contribution is 5.82. The third-order valence-electron chi connectivity index (χ3n) is 3.71. The molecule has 122 valence electrons. The number of carboxylic acid groups (broad SMARTS) is 1. The first kappa shape index (κ1) is 18.0. The maximum absolute atomic E-state index is 11.6. The fraction of sp³-hybridized carbons (Fsp3) is 0.529.